The number of H-pyrrole nitrogens is 1. The summed E-state index contributed by atoms with van der Waals surface area (Å²) < 4.78 is 0. The molecule has 326 valence electrons. The molecule has 61 heavy (non-hydrogen) atoms. The number of amides is 8. The zero-order valence-electron chi connectivity index (χ0n) is 33.5. The highest BCUT2D eigenvalue weighted by molar-refractivity contribution is 5.97. The van der Waals surface area contributed by atoms with Crippen LogP contribution in [0.1, 0.15) is 48.9 Å². The number of nitrogens with one attached hydrogen (secondary N) is 8. The molecule has 1 saturated heterocycles. The Kier molecular flexibility index (Phi) is 18.2. The monoisotopic (exact) mass is 843 g/mol. The van der Waals surface area contributed by atoms with Crippen molar-refractivity contribution in [3.63, 3.8) is 0 Å². The highest BCUT2D eigenvalue weighted by atomic mass is 16.2. The lowest BCUT2D eigenvalue weighted by molar-refractivity contribution is -0.135. The molecule has 14 N–H and O–H groups in total. The SMILES string of the molecule is NC(=O)CNC(=O)[C@@H]1CCNC(=O)CC[C@H](NC(=O)Cc2ccccc2)C(=O)N[C@@H](Cc2cnc[nH]2)C(=O)N[C@H](Cc2ccccc2)C(=O)N[C@@H](CCCN=C(N)N)C(=O)N1. The minimum absolute atomic E-state index is 0.0252. The lowest BCUT2D eigenvalue weighted by atomic mass is 10.0. The number of aromatic amines is 1. The van der Waals surface area contributed by atoms with Gasteiger partial charge in [-0.05, 0) is 36.8 Å². The van der Waals surface area contributed by atoms with Gasteiger partial charge in [0, 0.05) is 44.2 Å². The molecule has 1 fully saturated rings. The number of benzene rings is 2. The van der Waals surface area contributed by atoms with Gasteiger partial charge >= 0.3 is 0 Å². The molecule has 0 aliphatic carbocycles. The number of nitrogens with two attached hydrogens (primary N) is 3. The second-order valence-electron chi connectivity index (χ2n) is 14.3. The van der Waals surface area contributed by atoms with E-state index < -0.39 is 84.0 Å². The van der Waals surface area contributed by atoms with Crippen LogP contribution in [0, 0.1) is 0 Å². The summed E-state index contributed by atoms with van der Waals surface area (Å²) in [7, 11) is 0. The van der Waals surface area contributed by atoms with Gasteiger partial charge in [0.15, 0.2) is 5.96 Å². The van der Waals surface area contributed by atoms with Crippen LogP contribution in [0.15, 0.2) is 78.2 Å². The van der Waals surface area contributed by atoms with Crippen molar-refractivity contribution in [2.24, 2.45) is 22.2 Å². The van der Waals surface area contributed by atoms with Crippen LogP contribution in [0.2, 0.25) is 0 Å². The molecule has 3 aromatic rings. The standard InChI is InChI=1S/C40H53N13O8/c41-32(54)22-47-35(57)29-15-17-45-33(55)14-13-28(49-34(56)19-25-10-5-2-6-11-25)37(59)53-31(20-26-21-44-23-48-26)39(61)52-30(18-24-8-3-1-4-9-24)38(60)50-27(36(58)51-29)12-7-16-46-40(42)43/h1-6,8-11,21,23,27-31H,7,12-20,22H2,(H2,41,54)(H,44,48)(H,45,55)(H,47,57)(H,49,56)(H,50,60)(H,51,58)(H,52,61)(H,53,59)(H4,42,43,46)/t27-,28-,29-,30+,31-/m0/s1. The molecule has 5 atom stereocenters. The van der Waals surface area contributed by atoms with Crippen LogP contribution in [-0.2, 0) is 57.6 Å². The number of carbonyl (C=O) groups excluding carboxylic acids is 8. The average Bonchev–Trinajstić information content (AvgIpc) is 3.75. The first kappa shape index (κ1) is 46.4. The first-order valence-electron chi connectivity index (χ1n) is 19.7. The van der Waals surface area contributed by atoms with E-state index in [2.05, 4.69) is 52.2 Å². The maximum atomic E-state index is 14.3. The van der Waals surface area contributed by atoms with Crippen LogP contribution < -0.4 is 54.4 Å². The molecular weight excluding hydrogens is 791 g/mol. The third kappa shape index (κ3) is 16.5. The van der Waals surface area contributed by atoms with Crippen LogP contribution >= 0.6 is 0 Å². The maximum Gasteiger partial charge on any atom is 0.243 e. The van der Waals surface area contributed by atoms with Crippen LogP contribution in [0.25, 0.3) is 0 Å². The Hall–Kier alpha value is -7.32. The molecule has 1 aliphatic rings. The van der Waals surface area contributed by atoms with E-state index in [1.807, 2.05) is 0 Å². The fourth-order valence-corrected chi connectivity index (χ4v) is 6.33. The molecule has 2 heterocycles. The zero-order chi connectivity index (χ0) is 44.1. The van der Waals surface area contributed by atoms with E-state index in [1.54, 1.807) is 60.7 Å². The van der Waals surface area contributed by atoms with E-state index in [4.69, 9.17) is 17.2 Å². The largest absolute Gasteiger partial charge is 0.370 e. The molecule has 21 nitrogen and oxygen atoms in total. The molecule has 0 saturated carbocycles. The first-order chi connectivity index (χ1) is 29.3. The molecule has 8 amide bonds. The minimum atomic E-state index is -1.33. The van der Waals surface area contributed by atoms with Crippen molar-refractivity contribution < 1.29 is 38.4 Å². The summed E-state index contributed by atoms with van der Waals surface area (Å²) in [5, 5.41) is 18.4. The van der Waals surface area contributed by atoms with Crippen molar-refractivity contribution in [1.29, 1.82) is 0 Å². The molecule has 21 heteroatoms. The molecule has 0 unspecified atom stereocenters. The van der Waals surface area contributed by atoms with E-state index in [0.29, 0.717) is 16.8 Å². The summed E-state index contributed by atoms with van der Waals surface area (Å²) in [6, 6.07) is 11.0. The summed E-state index contributed by atoms with van der Waals surface area (Å²) in [5.41, 5.74) is 17.9. The molecular formula is C40H53N13O8. The van der Waals surface area contributed by atoms with Gasteiger partial charge in [0.25, 0.3) is 0 Å². The van der Waals surface area contributed by atoms with Crippen molar-refractivity contribution in [2.45, 2.75) is 81.6 Å². The number of guanidine groups is 1. The van der Waals surface area contributed by atoms with Gasteiger partial charge in [-0.1, -0.05) is 60.7 Å². The van der Waals surface area contributed by atoms with Crippen molar-refractivity contribution >= 4 is 53.2 Å². The van der Waals surface area contributed by atoms with E-state index in [9.17, 15) is 38.4 Å². The first-order valence-corrected chi connectivity index (χ1v) is 19.7. The van der Waals surface area contributed by atoms with Gasteiger partial charge in [-0.2, -0.15) is 0 Å². The van der Waals surface area contributed by atoms with E-state index in [-0.39, 0.29) is 70.4 Å². The maximum absolute atomic E-state index is 14.3. The summed E-state index contributed by atoms with van der Waals surface area (Å²) >= 11 is 0. The molecule has 1 aromatic heterocycles. The van der Waals surface area contributed by atoms with E-state index in [1.165, 1.54) is 12.5 Å². The number of hydrogen-bond acceptors (Lipinski definition) is 10. The molecule has 1 aliphatic heterocycles. The Balaban J connectivity index is 1.71. The number of imidazole rings is 1. The smallest absolute Gasteiger partial charge is 0.243 e. The number of nitrogens with zero attached hydrogens (tertiary/aromatic N) is 2. The number of aliphatic imine (C=N–C) groups is 1. The summed E-state index contributed by atoms with van der Waals surface area (Å²) in [5.74, 6) is -6.06. The van der Waals surface area contributed by atoms with Gasteiger partial charge < -0.3 is 59.4 Å². The van der Waals surface area contributed by atoms with Gasteiger partial charge in [-0.15, -0.1) is 0 Å². The second-order valence-corrected chi connectivity index (χ2v) is 14.3. The lowest BCUT2D eigenvalue weighted by Crippen LogP contribution is -2.60. The van der Waals surface area contributed by atoms with Gasteiger partial charge in [-0.25, -0.2) is 4.98 Å². The van der Waals surface area contributed by atoms with Crippen molar-refractivity contribution in [1.82, 2.24) is 47.2 Å². The topological polar surface area (TPSA) is 340 Å². The summed E-state index contributed by atoms with van der Waals surface area (Å²) in [6.45, 7) is -0.613. The Morgan fingerprint density at radius 1 is 0.754 bits per heavy atom. The number of primary amides is 1. The van der Waals surface area contributed by atoms with Gasteiger partial charge in [0.05, 0.1) is 19.3 Å². The van der Waals surface area contributed by atoms with Gasteiger partial charge in [-0.3, -0.25) is 43.3 Å². The highest BCUT2D eigenvalue weighted by Gasteiger charge is 2.33. The van der Waals surface area contributed by atoms with Crippen molar-refractivity contribution in [3.05, 3.63) is 90.0 Å². The fourth-order valence-electron chi connectivity index (χ4n) is 6.33. The second kappa shape index (κ2) is 23.9. The quantitative estimate of drug-likeness (QED) is 0.0437. The van der Waals surface area contributed by atoms with Crippen LogP contribution in [0.5, 0.6) is 0 Å². The average molecular weight is 844 g/mol. The van der Waals surface area contributed by atoms with E-state index in [0.717, 1.165) is 0 Å². The van der Waals surface area contributed by atoms with Crippen LogP contribution in [-0.4, -0.2) is 113 Å². The molecule has 0 bridgehead atoms. The Morgan fingerprint density at radius 3 is 2.02 bits per heavy atom. The van der Waals surface area contributed by atoms with Crippen LogP contribution in [0.4, 0.5) is 0 Å². The van der Waals surface area contributed by atoms with Gasteiger partial charge in [0.2, 0.25) is 47.3 Å². The molecule has 2 aromatic carbocycles. The summed E-state index contributed by atoms with van der Waals surface area (Å²) in [4.78, 5) is 118. The molecule has 4 rings (SSSR count). The number of rotatable bonds is 14. The lowest BCUT2D eigenvalue weighted by Gasteiger charge is -2.27. The van der Waals surface area contributed by atoms with Gasteiger partial charge in [0.1, 0.15) is 30.2 Å². The number of hydrogen-bond donors (Lipinski definition) is 11. The van der Waals surface area contributed by atoms with E-state index >= 15 is 0 Å². The Labute approximate surface area is 351 Å². The number of aromatic nitrogens is 2. The minimum Gasteiger partial charge on any atom is -0.370 e. The van der Waals surface area contributed by atoms with Crippen molar-refractivity contribution in [2.75, 3.05) is 19.6 Å². The Morgan fingerprint density at radius 2 is 1.38 bits per heavy atom. The zero-order valence-corrected chi connectivity index (χ0v) is 33.5. The van der Waals surface area contributed by atoms with Crippen molar-refractivity contribution in [3.8, 4) is 0 Å². The normalized spacial score (nSPS) is 20.7. The van der Waals surface area contributed by atoms with Crippen LogP contribution in [0.3, 0.4) is 0 Å². The third-order valence-electron chi connectivity index (χ3n) is 9.45. The predicted octanol–water partition coefficient (Wildman–Crippen LogP) is -3.18. The fraction of sp³-hybridized carbons (Fsp3) is 0.400. The summed E-state index contributed by atoms with van der Waals surface area (Å²) in [6.07, 6.45) is 2.13. The highest BCUT2D eigenvalue weighted by Crippen LogP contribution is 2.10. The molecule has 0 radical (unpaired) electrons. The molecule has 0 spiro atoms. The third-order valence-corrected chi connectivity index (χ3v) is 9.45. The number of carbonyl (C=O) groups is 8. The predicted molar refractivity (Wildman–Crippen MR) is 221 cm³/mol. The Bertz CT molecular complexity index is 1990.